The SMILES string of the molecule is CC(C)(C)C#Cc1ccc(-c2c3nc(c(-c4ccc(C#CC(C)(C)C)cc4)c4ccc([nH]4)c(-c4ccc(C#CC(C)(C)C)cc4)c4nc(c(-c5ccc(C#CC(C)(C)C)cc5)c5ccc2[nH]5)C=C4)C=C3)cc1. The van der Waals surface area contributed by atoms with Gasteiger partial charge in [0.25, 0.3) is 0 Å². The molecule has 9 rings (SSSR count). The van der Waals surface area contributed by atoms with Gasteiger partial charge in [0.1, 0.15) is 0 Å². The third-order valence-electron chi connectivity index (χ3n) is 11.8. The fourth-order valence-corrected chi connectivity index (χ4v) is 8.34. The van der Waals surface area contributed by atoms with Gasteiger partial charge in [0.05, 0.1) is 22.8 Å². The first-order valence-electron chi connectivity index (χ1n) is 24.8. The van der Waals surface area contributed by atoms with Crippen molar-refractivity contribution in [2.24, 2.45) is 21.7 Å². The standard InChI is InChI=1S/C68H62N4/c1-65(2,3)41-37-45-13-21-49(22-14-45)61-53-29-31-55(69-53)62(50-23-15-46(16-24-50)38-42-66(4,5)6)57-33-35-59(71-57)64(52-27-19-48(20-28-52)40-44-68(10,11)12)60-36-34-58(72-60)63(56-32-30-54(61)70-56)51-25-17-47(18-26-51)39-43-67(7,8)9/h13-36,69,72H,1-12H3. The number of H-pyrrole nitrogens is 2. The van der Waals surface area contributed by atoms with Crippen molar-refractivity contribution in [3.63, 3.8) is 0 Å². The van der Waals surface area contributed by atoms with Gasteiger partial charge in [-0.05, 0) is 202 Å². The maximum absolute atomic E-state index is 5.54. The van der Waals surface area contributed by atoms with E-state index in [1.54, 1.807) is 0 Å². The molecule has 0 radical (unpaired) electrons. The second-order valence-corrected chi connectivity index (χ2v) is 22.8. The van der Waals surface area contributed by atoms with Gasteiger partial charge in [-0.25, -0.2) is 9.97 Å². The highest BCUT2D eigenvalue weighted by Gasteiger charge is 2.20. The summed E-state index contributed by atoms with van der Waals surface area (Å²) in [6.45, 7) is 25.6. The number of benzene rings is 4. The minimum Gasteiger partial charge on any atom is -0.354 e. The smallest absolute Gasteiger partial charge is 0.0737 e. The Morgan fingerprint density at radius 2 is 0.472 bits per heavy atom. The van der Waals surface area contributed by atoms with Crippen molar-refractivity contribution in [1.82, 2.24) is 19.9 Å². The normalized spacial score (nSPS) is 12.2. The molecular weight excluding hydrogens is 873 g/mol. The van der Waals surface area contributed by atoms with Crippen molar-refractivity contribution >= 4 is 46.4 Å². The molecule has 0 spiro atoms. The fourth-order valence-electron chi connectivity index (χ4n) is 8.34. The number of aromatic nitrogens is 4. The van der Waals surface area contributed by atoms with Gasteiger partial charge >= 0.3 is 0 Å². The van der Waals surface area contributed by atoms with Crippen LogP contribution in [0.2, 0.25) is 0 Å². The molecule has 2 aliphatic heterocycles. The molecule has 0 amide bonds. The van der Waals surface area contributed by atoms with Crippen molar-refractivity contribution in [3.05, 3.63) is 166 Å². The molecule has 5 heterocycles. The van der Waals surface area contributed by atoms with Crippen LogP contribution in [0.25, 0.3) is 90.9 Å². The summed E-state index contributed by atoms with van der Waals surface area (Å²) in [7, 11) is 0. The Bertz CT molecular complexity index is 3240. The van der Waals surface area contributed by atoms with Gasteiger partial charge in [0.2, 0.25) is 0 Å². The van der Waals surface area contributed by atoms with Crippen molar-refractivity contribution in [3.8, 4) is 91.9 Å². The van der Waals surface area contributed by atoms with Crippen LogP contribution in [0.15, 0.2) is 121 Å². The van der Waals surface area contributed by atoms with Crippen LogP contribution in [-0.4, -0.2) is 19.9 Å². The van der Waals surface area contributed by atoms with Gasteiger partial charge in [-0.1, -0.05) is 95.9 Å². The average Bonchev–Trinajstić information content (AvgIpc) is 4.18. The molecule has 0 atom stereocenters. The van der Waals surface area contributed by atoms with Crippen LogP contribution in [0.3, 0.4) is 0 Å². The molecule has 4 nitrogen and oxygen atoms in total. The predicted molar refractivity (Wildman–Crippen MR) is 306 cm³/mol. The summed E-state index contributed by atoms with van der Waals surface area (Å²) in [6, 6.07) is 42.7. The number of aromatic amines is 2. The largest absolute Gasteiger partial charge is 0.354 e. The van der Waals surface area contributed by atoms with Crippen LogP contribution in [0, 0.1) is 69.0 Å². The lowest BCUT2D eigenvalue weighted by Gasteiger charge is -2.08. The number of hydrogen-bond acceptors (Lipinski definition) is 2. The highest BCUT2D eigenvalue weighted by Crippen LogP contribution is 2.39. The molecule has 2 N–H and O–H groups in total. The first-order chi connectivity index (χ1) is 34.1. The lowest BCUT2D eigenvalue weighted by atomic mass is 9.97. The average molecular weight is 935 g/mol. The van der Waals surface area contributed by atoms with Crippen molar-refractivity contribution in [1.29, 1.82) is 0 Å². The van der Waals surface area contributed by atoms with E-state index in [0.717, 1.165) is 112 Å². The summed E-state index contributed by atoms with van der Waals surface area (Å²) in [4.78, 5) is 18.9. The Labute approximate surface area is 427 Å². The second kappa shape index (κ2) is 19.1. The van der Waals surface area contributed by atoms with Crippen LogP contribution in [-0.2, 0) is 0 Å². The van der Waals surface area contributed by atoms with Gasteiger partial charge in [0.15, 0.2) is 0 Å². The van der Waals surface area contributed by atoms with Crippen LogP contribution in [0.5, 0.6) is 0 Å². The first-order valence-corrected chi connectivity index (χ1v) is 24.8. The molecule has 3 aromatic heterocycles. The summed E-state index contributed by atoms with van der Waals surface area (Å²) in [5, 5.41) is 0. The van der Waals surface area contributed by atoms with Crippen LogP contribution in [0.1, 0.15) is 128 Å². The zero-order chi connectivity index (χ0) is 51.0. The number of fused-ring (bicyclic) bond motifs is 8. The van der Waals surface area contributed by atoms with E-state index in [0.29, 0.717) is 0 Å². The molecule has 72 heavy (non-hydrogen) atoms. The third-order valence-corrected chi connectivity index (χ3v) is 11.8. The highest BCUT2D eigenvalue weighted by atomic mass is 14.8. The summed E-state index contributed by atoms with van der Waals surface area (Å²) < 4.78 is 0. The molecule has 4 aromatic carbocycles. The molecular formula is C68H62N4. The number of nitrogens with zero attached hydrogens (tertiary/aromatic N) is 2. The third kappa shape index (κ3) is 11.7. The molecule has 0 saturated heterocycles. The van der Waals surface area contributed by atoms with E-state index < -0.39 is 0 Å². The Morgan fingerprint density at radius 3 is 0.653 bits per heavy atom. The van der Waals surface area contributed by atoms with Crippen molar-refractivity contribution < 1.29 is 0 Å². The van der Waals surface area contributed by atoms with Crippen molar-refractivity contribution in [2.45, 2.75) is 83.1 Å². The predicted octanol–water partition coefficient (Wildman–Crippen LogP) is 16.9. The number of rotatable bonds is 4. The van der Waals surface area contributed by atoms with E-state index in [1.807, 2.05) is 0 Å². The van der Waals surface area contributed by atoms with Gasteiger partial charge < -0.3 is 9.97 Å². The number of nitrogens with one attached hydrogen (secondary N) is 2. The Balaban J connectivity index is 1.37. The van der Waals surface area contributed by atoms with Gasteiger partial charge in [0, 0.05) is 88.2 Å². The number of hydrogen-bond donors (Lipinski definition) is 2. The Kier molecular flexibility index (Phi) is 13.0. The van der Waals surface area contributed by atoms with E-state index in [4.69, 9.17) is 9.97 Å². The lowest BCUT2D eigenvalue weighted by Crippen LogP contribution is -1.99. The lowest BCUT2D eigenvalue weighted by molar-refractivity contribution is 0.570. The Morgan fingerprint density at radius 1 is 0.278 bits per heavy atom. The monoisotopic (exact) mass is 934 g/mol. The molecule has 2 aliphatic rings. The maximum Gasteiger partial charge on any atom is 0.0737 e. The van der Waals surface area contributed by atoms with E-state index in [1.165, 1.54) is 0 Å². The molecule has 0 saturated carbocycles. The molecule has 0 aliphatic carbocycles. The van der Waals surface area contributed by atoms with E-state index in [2.05, 4.69) is 286 Å². The van der Waals surface area contributed by atoms with Gasteiger partial charge in [-0.3, -0.25) is 0 Å². The molecule has 4 heteroatoms. The second-order valence-electron chi connectivity index (χ2n) is 22.8. The van der Waals surface area contributed by atoms with Crippen LogP contribution in [0.4, 0.5) is 0 Å². The van der Waals surface area contributed by atoms with E-state index in [-0.39, 0.29) is 21.7 Å². The summed E-state index contributed by atoms with van der Waals surface area (Å²) in [5.41, 5.74) is 18.5. The highest BCUT2D eigenvalue weighted by molar-refractivity contribution is 6.00. The fraction of sp³-hybridized carbons (Fsp3) is 0.235. The van der Waals surface area contributed by atoms with E-state index >= 15 is 0 Å². The van der Waals surface area contributed by atoms with Gasteiger partial charge in [-0.15, -0.1) is 0 Å². The minimum absolute atomic E-state index is 0.112. The topological polar surface area (TPSA) is 57.4 Å². The zero-order valence-corrected chi connectivity index (χ0v) is 43.8. The quantitative estimate of drug-likeness (QED) is 0.173. The van der Waals surface area contributed by atoms with Gasteiger partial charge in [-0.2, -0.15) is 0 Å². The molecule has 8 bridgehead atoms. The summed E-state index contributed by atoms with van der Waals surface area (Å²) >= 11 is 0. The zero-order valence-electron chi connectivity index (χ0n) is 43.8. The van der Waals surface area contributed by atoms with E-state index in [9.17, 15) is 0 Å². The summed E-state index contributed by atoms with van der Waals surface area (Å²) in [5.74, 6) is 27.1. The first kappa shape index (κ1) is 48.7. The van der Waals surface area contributed by atoms with Crippen LogP contribution < -0.4 is 0 Å². The molecule has 0 unspecified atom stereocenters. The van der Waals surface area contributed by atoms with Crippen LogP contribution >= 0.6 is 0 Å². The Hall–Kier alpha value is -8.28. The van der Waals surface area contributed by atoms with Crippen molar-refractivity contribution in [2.75, 3.05) is 0 Å². The maximum atomic E-state index is 5.54. The molecule has 354 valence electrons. The minimum atomic E-state index is -0.112. The molecule has 7 aromatic rings. The molecule has 0 fully saturated rings. The summed E-state index contributed by atoms with van der Waals surface area (Å²) in [6.07, 6.45) is 8.55.